The summed E-state index contributed by atoms with van der Waals surface area (Å²) in [6, 6.07) is 29.2. The van der Waals surface area contributed by atoms with Crippen LogP contribution >= 0.6 is 0 Å². The molecule has 0 radical (unpaired) electrons. The summed E-state index contributed by atoms with van der Waals surface area (Å²) < 4.78 is 24.1. The number of ether oxygens (including phenoxy) is 4. The molecule has 0 unspecified atom stereocenters. The SMILES string of the molecule is CCCCOc1cc(OCCCN)cc(-c2cccc(-c3cccc(-c4cc(OCCCN)cc(OCCCN)c4)c3)c2)c1. The van der Waals surface area contributed by atoms with Gasteiger partial charge in [0.2, 0.25) is 0 Å². The lowest BCUT2D eigenvalue weighted by molar-refractivity contribution is 0.296. The molecule has 7 nitrogen and oxygen atoms in total. The highest BCUT2D eigenvalue weighted by Crippen LogP contribution is 2.35. The lowest BCUT2D eigenvalue weighted by Crippen LogP contribution is -2.07. The van der Waals surface area contributed by atoms with Crippen molar-refractivity contribution in [3.63, 3.8) is 0 Å². The van der Waals surface area contributed by atoms with Gasteiger partial charge >= 0.3 is 0 Å². The summed E-state index contributed by atoms with van der Waals surface area (Å²) in [5.74, 6) is 3.12. The van der Waals surface area contributed by atoms with Crippen LogP contribution in [-0.2, 0) is 0 Å². The van der Waals surface area contributed by atoms with Gasteiger partial charge in [0.1, 0.15) is 23.0 Å². The molecule has 44 heavy (non-hydrogen) atoms. The third-order valence-electron chi connectivity index (χ3n) is 7.10. The molecule has 0 atom stereocenters. The van der Waals surface area contributed by atoms with Crippen molar-refractivity contribution < 1.29 is 18.9 Å². The summed E-state index contributed by atoms with van der Waals surface area (Å²) in [5, 5.41) is 0. The van der Waals surface area contributed by atoms with Crippen LogP contribution in [0.4, 0.5) is 0 Å². The Bertz CT molecular complexity index is 1280. The zero-order valence-corrected chi connectivity index (χ0v) is 25.9. The predicted octanol–water partition coefficient (Wildman–Crippen LogP) is 7.05. The van der Waals surface area contributed by atoms with Crippen molar-refractivity contribution in [1.29, 1.82) is 0 Å². The zero-order chi connectivity index (χ0) is 31.0. The first-order valence-electron chi connectivity index (χ1n) is 15.8. The lowest BCUT2D eigenvalue weighted by Gasteiger charge is -2.14. The average molecular weight is 598 g/mol. The molecule has 0 aromatic heterocycles. The maximum Gasteiger partial charge on any atom is 0.123 e. The molecule has 4 rings (SSSR count). The van der Waals surface area contributed by atoms with E-state index in [0.717, 1.165) is 88.5 Å². The fourth-order valence-corrected chi connectivity index (χ4v) is 4.72. The molecule has 0 amide bonds. The van der Waals surface area contributed by atoms with E-state index < -0.39 is 0 Å². The van der Waals surface area contributed by atoms with Gasteiger partial charge in [0.05, 0.1) is 26.4 Å². The van der Waals surface area contributed by atoms with E-state index in [2.05, 4.69) is 79.7 Å². The number of unbranched alkanes of at least 4 members (excludes halogenated alkanes) is 1. The van der Waals surface area contributed by atoms with Gasteiger partial charge < -0.3 is 36.1 Å². The van der Waals surface area contributed by atoms with E-state index in [9.17, 15) is 0 Å². The van der Waals surface area contributed by atoms with Crippen LogP contribution in [0.5, 0.6) is 23.0 Å². The van der Waals surface area contributed by atoms with Crippen molar-refractivity contribution in [3.8, 4) is 56.4 Å². The standard InChI is InChI=1S/C37H47N3O4/c1-2-3-16-41-34-22-32(23-35(26-34)42-17-6-13-38)30-11-4-9-28(20-30)29-10-5-12-31(21-29)33-24-36(43-18-7-14-39)27-37(25-33)44-19-8-15-40/h4-5,9-12,20-27H,2-3,6-8,13-19,38-40H2,1H3. The van der Waals surface area contributed by atoms with Gasteiger partial charge in [0.25, 0.3) is 0 Å². The quantitative estimate of drug-likeness (QED) is 0.0992. The van der Waals surface area contributed by atoms with Crippen LogP contribution in [-0.4, -0.2) is 46.1 Å². The molecule has 7 heteroatoms. The molecule has 0 heterocycles. The summed E-state index contributed by atoms with van der Waals surface area (Å²) in [5.41, 5.74) is 23.5. The second-order valence-electron chi connectivity index (χ2n) is 10.7. The molecule has 4 aromatic rings. The van der Waals surface area contributed by atoms with Crippen molar-refractivity contribution in [2.45, 2.75) is 39.0 Å². The topological polar surface area (TPSA) is 115 Å². The Morgan fingerprint density at radius 2 is 0.727 bits per heavy atom. The van der Waals surface area contributed by atoms with Crippen LogP contribution in [0.2, 0.25) is 0 Å². The van der Waals surface area contributed by atoms with E-state index in [1.807, 2.05) is 12.1 Å². The molecule has 4 aromatic carbocycles. The maximum atomic E-state index is 6.08. The zero-order valence-electron chi connectivity index (χ0n) is 25.9. The number of hydrogen-bond acceptors (Lipinski definition) is 7. The van der Waals surface area contributed by atoms with Crippen molar-refractivity contribution >= 4 is 0 Å². The summed E-state index contributed by atoms with van der Waals surface area (Å²) >= 11 is 0. The third kappa shape index (κ3) is 10.0. The van der Waals surface area contributed by atoms with Crippen LogP contribution < -0.4 is 36.1 Å². The Morgan fingerprint density at radius 3 is 1.05 bits per heavy atom. The monoisotopic (exact) mass is 597 g/mol. The molecule has 0 spiro atoms. The van der Waals surface area contributed by atoms with E-state index in [1.54, 1.807) is 0 Å². The predicted molar refractivity (Wildman–Crippen MR) is 181 cm³/mol. The number of hydrogen-bond donors (Lipinski definition) is 3. The lowest BCUT2D eigenvalue weighted by atomic mass is 9.96. The van der Waals surface area contributed by atoms with Crippen molar-refractivity contribution in [1.82, 2.24) is 0 Å². The van der Waals surface area contributed by atoms with E-state index in [-0.39, 0.29) is 0 Å². The first-order valence-corrected chi connectivity index (χ1v) is 15.8. The van der Waals surface area contributed by atoms with Crippen LogP contribution in [0.3, 0.4) is 0 Å². The van der Waals surface area contributed by atoms with Gasteiger partial charge in [-0.25, -0.2) is 0 Å². The van der Waals surface area contributed by atoms with E-state index in [0.29, 0.717) is 46.1 Å². The van der Waals surface area contributed by atoms with E-state index >= 15 is 0 Å². The Balaban J connectivity index is 1.64. The van der Waals surface area contributed by atoms with Gasteiger partial charge in [-0.05, 0) is 115 Å². The van der Waals surface area contributed by atoms with Gasteiger partial charge in [0, 0.05) is 12.1 Å². The number of nitrogens with two attached hydrogens (primary N) is 3. The Morgan fingerprint density at radius 1 is 0.409 bits per heavy atom. The summed E-state index contributed by atoms with van der Waals surface area (Å²) in [6.07, 6.45) is 4.45. The van der Waals surface area contributed by atoms with Crippen LogP contribution in [0, 0.1) is 0 Å². The van der Waals surface area contributed by atoms with Gasteiger partial charge in [-0.15, -0.1) is 0 Å². The molecule has 234 valence electrons. The van der Waals surface area contributed by atoms with Crippen molar-refractivity contribution in [2.75, 3.05) is 46.1 Å². The summed E-state index contributed by atoms with van der Waals surface area (Å²) in [4.78, 5) is 0. The van der Waals surface area contributed by atoms with Crippen molar-refractivity contribution in [3.05, 3.63) is 84.9 Å². The van der Waals surface area contributed by atoms with Gasteiger partial charge in [0.15, 0.2) is 0 Å². The Kier molecular flexibility index (Phi) is 13.4. The van der Waals surface area contributed by atoms with Crippen molar-refractivity contribution in [2.24, 2.45) is 17.2 Å². The second kappa shape index (κ2) is 17.9. The Labute approximate surface area is 262 Å². The molecule has 6 N–H and O–H groups in total. The fraction of sp³-hybridized carbons (Fsp3) is 0.351. The fourth-order valence-electron chi connectivity index (χ4n) is 4.72. The first kappa shape index (κ1) is 32.9. The molecule has 0 saturated heterocycles. The molecule has 0 aliphatic heterocycles. The maximum absolute atomic E-state index is 6.08. The Hall–Kier alpha value is -4.04. The minimum Gasteiger partial charge on any atom is -0.493 e. The number of rotatable bonds is 19. The number of benzene rings is 4. The second-order valence-corrected chi connectivity index (χ2v) is 10.7. The van der Waals surface area contributed by atoms with Crippen LogP contribution in [0.1, 0.15) is 39.0 Å². The molecular weight excluding hydrogens is 550 g/mol. The molecule has 0 aliphatic carbocycles. The average Bonchev–Trinajstić information content (AvgIpc) is 3.05. The van der Waals surface area contributed by atoms with Crippen LogP contribution in [0.25, 0.3) is 33.4 Å². The molecular formula is C37H47N3O4. The van der Waals surface area contributed by atoms with Gasteiger partial charge in [-0.1, -0.05) is 49.7 Å². The summed E-state index contributed by atoms with van der Waals surface area (Å²) in [6.45, 7) is 6.27. The smallest absolute Gasteiger partial charge is 0.123 e. The molecule has 0 fully saturated rings. The molecule has 0 aliphatic rings. The van der Waals surface area contributed by atoms with E-state index in [1.165, 1.54) is 0 Å². The van der Waals surface area contributed by atoms with Crippen LogP contribution in [0.15, 0.2) is 84.9 Å². The van der Waals surface area contributed by atoms with Gasteiger partial charge in [-0.3, -0.25) is 0 Å². The van der Waals surface area contributed by atoms with E-state index in [4.69, 9.17) is 36.1 Å². The molecule has 0 saturated carbocycles. The highest BCUT2D eigenvalue weighted by molar-refractivity contribution is 5.78. The highest BCUT2D eigenvalue weighted by atomic mass is 16.5. The largest absolute Gasteiger partial charge is 0.493 e. The van der Waals surface area contributed by atoms with Gasteiger partial charge in [-0.2, -0.15) is 0 Å². The minimum atomic E-state index is 0.555. The third-order valence-corrected chi connectivity index (χ3v) is 7.10. The highest BCUT2D eigenvalue weighted by Gasteiger charge is 2.10. The minimum absolute atomic E-state index is 0.555. The summed E-state index contributed by atoms with van der Waals surface area (Å²) in [7, 11) is 0. The normalized spacial score (nSPS) is 10.9. The molecule has 0 bridgehead atoms. The first-order chi connectivity index (χ1) is 21.6.